The lowest BCUT2D eigenvalue weighted by molar-refractivity contribution is -0.131. The minimum Gasteiger partial charge on any atom is -0.340 e. The number of nitrogens with zero attached hydrogens (tertiary/aromatic N) is 1. The van der Waals surface area contributed by atoms with Gasteiger partial charge in [0.2, 0.25) is 5.91 Å². The predicted octanol–water partition coefficient (Wildman–Crippen LogP) is 1.80. The van der Waals surface area contributed by atoms with Crippen LogP contribution in [0, 0.1) is 0 Å². The van der Waals surface area contributed by atoms with Crippen LogP contribution >= 0.6 is 12.4 Å². The number of carbonyl (C=O) groups excluding carboxylic acids is 1. The van der Waals surface area contributed by atoms with E-state index in [-0.39, 0.29) is 24.4 Å². The molecule has 0 aliphatic rings. The Labute approximate surface area is 103 Å². The first-order chi connectivity index (χ1) is 7.15. The van der Waals surface area contributed by atoms with Gasteiger partial charge in [-0.15, -0.1) is 12.4 Å². The maximum absolute atomic E-state index is 11.7. The fraction of sp³-hybridized carbons (Fsp3) is 0.417. The van der Waals surface area contributed by atoms with E-state index in [4.69, 9.17) is 5.73 Å². The number of amides is 1. The van der Waals surface area contributed by atoms with E-state index >= 15 is 0 Å². The molecule has 1 amide bonds. The number of hydrogen-bond acceptors (Lipinski definition) is 2. The smallest absolute Gasteiger partial charge is 0.239 e. The molecule has 0 radical (unpaired) electrons. The van der Waals surface area contributed by atoms with Crippen LogP contribution in [0.3, 0.4) is 0 Å². The fourth-order valence-corrected chi connectivity index (χ4v) is 1.39. The van der Waals surface area contributed by atoms with Gasteiger partial charge in [0.05, 0.1) is 6.04 Å². The van der Waals surface area contributed by atoms with Gasteiger partial charge in [-0.05, 0) is 12.0 Å². The second-order valence-electron chi connectivity index (χ2n) is 3.69. The molecule has 90 valence electrons. The van der Waals surface area contributed by atoms with Crippen LogP contribution in [-0.4, -0.2) is 23.9 Å². The molecule has 0 spiro atoms. The molecular formula is C12H19ClN2O. The molecule has 0 aromatic heterocycles. The minimum absolute atomic E-state index is 0. The molecule has 0 unspecified atom stereocenters. The van der Waals surface area contributed by atoms with Crippen LogP contribution in [0.15, 0.2) is 30.3 Å². The molecule has 3 nitrogen and oxygen atoms in total. The SMILES string of the molecule is CC[C@H](N)C(=O)N(C)Cc1ccccc1.Cl. The monoisotopic (exact) mass is 242 g/mol. The number of benzene rings is 1. The second-order valence-corrected chi connectivity index (χ2v) is 3.69. The van der Waals surface area contributed by atoms with Crippen LogP contribution in [0.5, 0.6) is 0 Å². The summed E-state index contributed by atoms with van der Waals surface area (Å²) in [4.78, 5) is 13.3. The van der Waals surface area contributed by atoms with Gasteiger partial charge in [-0.25, -0.2) is 0 Å². The highest BCUT2D eigenvalue weighted by atomic mass is 35.5. The first kappa shape index (κ1) is 14.9. The first-order valence-electron chi connectivity index (χ1n) is 5.19. The van der Waals surface area contributed by atoms with E-state index in [9.17, 15) is 4.79 Å². The summed E-state index contributed by atoms with van der Waals surface area (Å²) < 4.78 is 0. The van der Waals surface area contributed by atoms with Crippen molar-refractivity contribution in [3.8, 4) is 0 Å². The van der Waals surface area contributed by atoms with Gasteiger partial charge in [-0.2, -0.15) is 0 Å². The van der Waals surface area contributed by atoms with Gasteiger partial charge in [0.25, 0.3) is 0 Å². The Morgan fingerprint density at radius 3 is 2.44 bits per heavy atom. The summed E-state index contributed by atoms with van der Waals surface area (Å²) in [7, 11) is 1.78. The van der Waals surface area contributed by atoms with E-state index in [0.717, 1.165) is 5.56 Å². The average molecular weight is 243 g/mol. The van der Waals surface area contributed by atoms with Crippen molar-refractivity contribution in [1.82, 2.24) is 4.90 Å². The molecule has 16 heavy (non-hydrogen) atoms. The molecule has 0 heterocycles. The molecule has 1 aromatic carbocycles. The molecule has 0 bridgehead atoms. The summed E-state index contributed by atoms with van der Waals surface area (Å²) >= 11 is 0. The van der Waals surface area contributed by atoms with Gasteiger partial charge in [0.15, 0.2) is 0 Å². The van der Waals surface area contributed by atoms with E-state index < -0.39 is 0 Å². The van der Waals surface area contributed by atoms with Gasteiger partial charge >= 0.3 is 0 Å². The molecule has 1 atom stereocenters. The molecule has 0 aliphatic heterocycles. The van der Waals surface area contributed by atoms with E-state index in [0.29, 0.717) is 13.0 Å². The van der Waals surface area contributed by atoms with Gasteiger partial charge in [0.1, 0.15) is 0 Å². The minimum atomic E-state index is -0.376. The first-order valence-corrected chi connectivity index (χ1v) is 5.19. The predicted molar refractivity (Wildman–Crippen MR) is 68.4 cm³/mol. The Kier molecular flexibility index (Phi) is 6.77. The van der Waals surface area contributed by atoms with E-state index in [2.05, 4.69) is 0 Å². The Morgan fingerprint density at radius 2 is 1.94 bits per heavy atom. The van der Waals surface area contributed by atoms with Crippen molar-refractivity contribution in [2.75, 3.05) is 7.05 Å². The highest BCUT2D eigenvalue weighted by molar-refractivity contribution is 5.85. The van der Waals surface area contributed by atoms with Crippen molar-refractivity contribution in [2.45, 2.75) is 25.9 Å². The van der Waals surface area contributed by atoms with Crippen molar-refractivity contribution in [3.05, 3.63) is 35.9 Å². The van der Waals surface area contributed by atoms with Crippen molar-refractivity contribution in [1.29, 1.82) is 0 Å². The number of rotatable bonds is 4. The molecule has 0 fully saturated rings. The average Bonchev–Trinajstić information content (AvgIpc) is 2.28. The lowest BCUT2D eigenvalue weighted by Crippen LogP contribution is -2.40. The molecule has 2 N–H and O–H groups in total. The van der Waals surface area contributed by atoms with Gasteiger partial charge < -0.3 is 10.6 Å². The van der Waals surface area contributed by atoms with Crippen LogP contribution < -0.4 is 5.73 Å². The molecule has 0 aliphatic carbocycles. The van der Waals surface area contributed by atoms with Crippen LogP contribution in [0.2, 0.25) is 0 Å². The Morgan fingerprint density at radius 1 is 1.38 bits per heavy atom. The lowest BCUT2D eigenvalue weighted by Gasteiger charge is -2.20. The molecule has 1 rings (SSSR count). The Bertz CT molecular complexity index is 316. The summed E-state index contributed by atoms with van der Waals surface area (Å²) in [6, 6.07) is 9.52. The third-order valence-corrected chi connectivity index (χ3v) is 2.40. The zero-order valence-corrected chi connectivity index (χ0v) is 10.5. The summed E-state index contributed by atoms with van der Waals surface area (Å²) in [5, 5.41) is 0. The topological polar surface area (TPSA) is 46.3 Å². The zero-order valence-electron chi connectivity index (χ0n) is 9.72. The van der Waals surface area contributed by atoms with E-state index in [1.807, 2.05) is 37.3 Å². The van der Waals surface area contributed by atoms with Crippen molar-refractivity contribution < 1.29 is 4.79 Å². The summed E-state index contributed by atoms with van der Waals surface area (Å²) in [5.74, 6) is 0.00125. The summed E-state index contributed by atoms with van der Waals surface area (Å²) in [5.41, 5.74) is 6.80. The van der Waals surface area contributed by atoms with E-state index in [1.54, 1.807) is 11.9 Å². The number of nitrogens with two attached hydrogens (primary N) is 1. The number of halogens is 1. The van der Waals surface area contributed by atoms with Crippen molar-refractivity contribution in [3.63, 3.8) is 0 Å². The summed E-state index contributed by atoms with van der Waals surface area (Å²) in [6.45, 7) is 2.53. The largest absolute Gasteiger partial charge is 0.340 e. The second kappa shape index (κ2) is 7.25. The van der Waals surface area contributed by atoms with Crippen LogP contribution in [0.1, 0.15) is 18.9 Å². The third-order valence-electron chi connectivity index (χ3n) is 2.40. The standard InChI is InChI=1S/C12H18N2O.ClH/c1-3-11(13)12(15)14(2)9-10-7-5-4-6-8-10;/h4-8,11H,3,9,13H2,1-2H3;1H/t11-;/m0./s1. The van der Waals surface area contributed by atoms with Crippen molar-refractivity contribution in [2.24, 2.45) is 5.73 Å². The Hall–Kier alpha value is -1.06. The number of likely N-dealkylation sites (N-methyl/N-ethyl adjacent to an activating group) is 1. The highest BCUT2D eigenvalue weighted by Gasteiger charge is 2.15. The quantitative estimate of drug-likeness (QED) is 0.875. The Balaban J connectivity index is 0.00000225. The molecular weight excluding hydrogens is 224 g/mol. The van der Waals surface area contributed by atoms with Gasteiger partial charge in [0, 0.05) is 13.6 Å². The highest BCUT2D eigenvalue weighted by Crippen LogP contribution is 2.04. The molecule has 4 heteroatoms. The van der Waals surface area contributed by atoms with Gasteiger partial charge in [-0.1, -0.05) is 37.3 Å². The van der Waals surface area contributed by atoms with Crippen molar-refractivity contribution >= 4 is 18.3 Å². The fourth-order valence-electron chi connectivity index (χ4n) is 1.39. The van der Waals surface area contributed by atoms with Crippen LogP contribution in [-0.2, 0) is 11.3 Å². The third kappa shape index (κ3) is 4.21. The van der Waals surface area contributed by atoms with E-state index in [1.165, 1.54) is 0 Å². The molecule has 1 aromatic rings. The number of carbonyl (C=O) groups is 1. The van der Waals surface area contributed by atoms with Crippen LogP contribution in [0.4, 0.5) is 0 Å². The zero-order chi connectivity index (χ0) is 11.3. The van der Waals surface area contributed by atoms with Gasteiger partial charge in [-0.3, -0.25) is 4.79 Å². The lowest BCUT2D eigenvalue weighted by atomic mass is 10.2. The maximum atomic E-state index is 11.7. The normalized spacial score (nSPS) is 11.4. The van der Waals surface area contributed by atoms with Crippen LogP contribution in [0.25, 0.3) is 0 Å². The molecule has 0 saturated heterocycles. The number of hydrogen-bond donors (Lipinski definition) is 1. The summed E-state index contributed by atoms with van der Waals surface area (Å²) in [6.07, 6.45) is 0.679. The molecule has 0 saturated carbocycles. The maximum Gasteiger partial charge on any atom is 0.239 e.